The van der Waals surface area contributed by atoms with E-state index in [1.807, 2.05) is 4.90 Å². The molecule has 0 bridgehead atoms. The first-order valence-electron chi connectivity index (χ1n) is 9.51. The van der Waals surface area contributed by atoms with E-state index in [-0.39, 0.29) is 41.1 Å². The van der Waals surface area contributed by atoms with Crippen molar-refractivity contribution in [3.05, 3.63) is 33.9 Å². The molecule has 5 rings (SSSR count). The van der Waals surface area contributed by atoms with Gasteiger partial charge in [0.1, 0.15) is 16.8 Å². The molecule has 3 N–H and O–H groups in total. The minimum absolute atomic E-state index is 0. The van der Waals surface area contributed by atoms with Gasteiger partial charge in [0.25, 0.3) is 0 Å². The van der Waals surface area contributed by atoms with E-state index in [4.69, 9.17) is 10.5 Å². The Bertz CT molecular complexity index is 1060. The van der Waals surface area contributed by atoms with Crippen molar-refractivity contribution in [2.75, 3.05) is 31.1 Å². The topological polar surface area (TPSA) is 111 Å². The van der Waals surface area contributed by atoms with E-state index in [1.165, 1.54) is 6.20 Å². The van der Waals surface area contributed by atoms with Crippen molar-refractivity contribution in [1.29, 1.82) is 0 Å². The van der Waals surface area contributed by atoms with Crippen molar-refractivity contribution < 1.29 is 19.0 Å². The monoisotopic (exact) mass is 424 g/mol. The van der Waals surface area contributed by atoms with Crippen molar-refractivity contribution >= 4 is 35.2 Å². The summed E-state index contributed by atoms with van der Waals surface area (Å²) in [4.78, 5) is 30.3. The number of aromatic carboxylic acids is 1. The van der Waals surface area contributed by atoms with Gasteiger partial charge >= 0.3 is 5.97 Å². The molecule has 2 aliphatic heterocycles. The van der Waals surface area contributed by atoms with Gasteiger partial charge in [-0.3, -0.25) is 4.79 Å². The van der Waals surface area contributed by atoms with Gasteiger partial charge < -0.3 is 25.0 Å². The van der Waals surface area contributed by atoms with Crippen LogP contribution in [0.15, 0.2) is 17.1 Å². The minimum atomic E-state index is -1.32. The van der Waals surface area contributed by atoms with Gasteiger partial charge in [-0.25, -0.2) is 14.2 Å². The van der Waals surface area contributed by atoms with E-state index in [9.17, 15) is 19.1 Å². The fourth-order valence-electron chi connectivity index (χ4n) is 4.57. The lowest BCUT2D eigenvalue weighted by Crippen LogP contribution is -2.44. The first-order valence-corrected chi connectivity index (χ1v) is 9.51. The van der Waals surface area contributed by atoms with Crippen molar-refractivity contribution in [1.82, 2.24) is 9.55 Å². The number of carboxylic acid groups (broad SMARTS) is 1. The molecule has 8 nitrogen and oxygen atoms in total. The summed E-state index contributed by atoms with van der Waals surface area (Å²) in [6, 6.07) is 1.21. The van der Waals surface area contributed by atoms with Gasteiger partial charge in [0.05, 0.1) is 11.9 Å². The second kappa shape index (κ2) is 6.93. The van der Waals surface area contributed by atoms with Gasteiger partial charge in [0, 0.05) is 37.9 Å². The lowest BCUT2D eigenvalue weighted by atomic mass is 9.91. The van der Waals surface area contributed by atoms with Crippen LogP contribution in [0.5, 0.6) is 0 Å². The lowest BCUT2D eigenvalue weighted by Gasteiger charge is -2.26. The number of nitrogens with two attached hydrogens (primary N) is 1. The van der Waals surface area contributed by atoms with Crippen LogP contribution in [0.3, 0.4) is 0 Å². The Morgan fingerprint density at radius 2 is 2.17 bits per heavy atom. The normalized spacial score (nSPS) is 25.9. The average molecular weight is 425 g/mol. The Labute approximate surface area is 171 Å². The largest absolute Gasteiger partial charge is 0.477 e. The molecular formula is C19H22ClFN4O4. The zero-order chi connectivity index (χ0) is 19.6. The van der Waals surface area contributed by atoms with Gasteiger partial charge in [-0.1, -0.05) is 0 Å². The molecule has 0 aromatic carbocycles. The second-order valence-corrected chi connectivity index (χ2v) is 7.96. The summed E-state index contributed by atoms with van der Waals surface area (Å²) in [5.74, 6) is -1.58. The number of fused-ring (bicyclic) bond motifs is 2. The molecule has 3 fully saturated rings. The summed E-state index contributed by atoms with van der Waals surface area (Å²) in [5.41, 5.74) is 4.72. The Morgan fingerprint density at radius 1 is 1.41 bits per heavy atom. The van der Waals surface area contributed by atoms with Crippen LogP contribution in [0.2, 0.25) is 0 Å². The molecule has 2 unspecified atom stereocenters. The zero-order valence-corrected chi connectivity index (χ0v) is 16.5. The van der Waals surface area contributed by atoms with E-state index in [2.05, 4.69) is 4.98 Å². The second-order valence-electron chi connectivity index (χ2n) is 7.96. The third kappa shape index (κ3) is 2.99. The maximum atomic E-state index is 15.0. The number of hydrogen-bond acceptors (Lipinski definition) is 6. The van der Waals surface area contributed by atoms with E-state index >= 15 is 0 Å². The van der Waals surface area contributed by atoms with Crippen LogP contribution in [0.25, 0.3) is 11.0 Å². The molecule has 0 radical (unpaired) electrons. The third-order valence-corrected chi connectivity index (χ3v) is 6.25. The molecule has 3 aliphatic rings. The van der Waals surface area contributed by atoms with E-state index in [0.29, 0.717) is 31.9 Å². The highest BCUT2D eigenvalue weighted by atomic mass is 35.5. The third-order valence-electron chi connectivity index (χ3n) is 6.25. The van der Waals surface area contributed by atoms with Crippen molar-refractivity contribution in [3.8, 4) is 0 Å². The number of halogens is 2. The summed E-state index contributed by atoms with van der Waals surface area (Å²) in [5, 5.41) is 9.33. The van der Waals surface area contributed by atoms with E-state index in [1.54, 1.807) is 4.57 Å². The molecule has 0 amide bonds. The number of anilines is 1. The van der Waals surface area contributed by atoms with Gasteiger partial charge in [0.15, 0.2) is 11.6 Å². The standard InChI is InChI=1S/C19H21FN4O4.ClH/c20-14-5-12-15(25)13(18(26)27)7-24(11-1-2-11)16(12)22-17(14)23-6-10-3-4-28-19(10,8-21)9-23;/h5,7,10-11H,1-4,6,8-9,21H2,(H,26,27);1H. The number of ether oxygens (including phenoxy) is 1. The molecule has 2 aromatic heterocycles. The number of aromatic nitrogens is 2. The summed E-state index contributed by atoms with van der Waals surface area (Å²) in [6.45, 7) is 2.05. The highest BCUT2D eigenvalue weighted by molar-refractivity contribution is 5.92. The van der Waals surface area contributed by atoms with Crippen LogP contribution in [-0.2, 0) is 4.74 Å². The number of pyridine rings is 2. The van der Waals surface area contributed by atoms with Crippen molar-refractivity contribution in [3.63, 3.8) is 0 Å². The molecule has 156 valence electrons. The van der Waals surface area contributed by atoms with Gasteiger partial charge in [0.2, 0.25) is 5.43 Å². The quantitative estimate of drug-likeness (QED) is 0.765. The van der Waals surface area contributed by atoms with Gasteiger partial charge in [-0.05, 0) is 25.3 Å². The molecule has 2 atom stereocenters. The maximum Gasteiger partial charge on any atom is 0.341 e. The van der Waals surface area contributed by atoms with Crippen LogP contribution in [0, 0.1) is 11.7 Å². The molecule has 2 saturated heterocycles. The Morgan fingerprint density at radius 3 is 2.79 bits per heavy atom. The van der Waals surface area contributed by atoms with Gasteiger partial charge in [-0.15, -0.1) is 12.4 Å². The van der Waals surface area contributed by atoms with Crippen LogP contribution in [0.1, 0.15) is 35.7 Å². The molecule has 1 aliphatic carbocycles. The average Bonchev–Trinajstić information content (AvgIpc) is 3.33. The number of nitrogens with zero attached hydrogens (tertiary/aromatic N) is 3. The number of rotatable bonds is 4. The highest BCUT2D eigenvalue weighted by Gasteiger charge is 2.51. The van der Waals surface area contributed by atoms with Crippen molar-refractivity contribution in [2.45, 2.75) is 30.9 Å². The minimum Gasteiger partial charge on any atom is -0.477 e. The molecule has 1 saturated carbocycles. The highest BCUT2D eigenvalue weighted by Crippen LogP contribution is 2.41. The summed E-state index contributed by atoms with van der Waals surface area (Å²) < 4.78 is 22.6. The maximum absolute atomic E-state index is 15.0. The Kier molecular flexibility index (Phi) is 4.79. The van der Waals surface area contributed by atoms with Crippen molar-refractivity contribution in [2.24, 2.45) is 11.7 Å². The SMILES string of the molecule is Cl.NCC12CN(c3nc4c(cc3F)c(=O)c(C(=O)O)cn4C3CC3)CC1CCO2. The van der Waals surface area contributed by atoms with Crippen LogP contribution < -0.4 is 16.1 Å². The number of carbonyl (C=O) groups is 1. The molecule has 4 heterocycles. The molecular weight excluding hydrogens is 403 g/mol. The summed E-state index contributed by atoms with van der Waals surface area (Å²) >= 11 is 0. The number of hydrogen-bond donors (Lipinski definition) is 2. The number of carboxylic acids is 1. The van der Waals surface area contributed by atoms with Gasteiger partial charge in [-0.2, -0.15) is 0 Å². The Hall–Kier alpha value is -2.23. The Balaban J connectivity index is 0.00000205. The van der Waals surface area contributed by atoms with Crippen LogP contribution >= 0.6 is 12.4 Å². The molecule has 0 spiro atoms. The first kappa shape index (κ1) is 20.1. The summed E-state index contributed by atoms with van der Waals surface area (Å²) in [7, 11) is 0. The van der Waals surface area contributed by atoms with E-state index in [0.717, 1.165) is 25.3 Å². The van der Waals surface area contributed by atoms with Crippen LogP contribution in [-0.4, -0.2) is 52.5 Å². The molecule has 29 heavy (non-hydrogen) atoms. The van der Waals surface area contributed by atoms with E-state index < -0.39 is 22.8 Å². The molecule has 10 heteroatoms. The predicted molar refractivity (Wildman–Crippen MR) is 106 cm³/mol. The fourth-order valence-corrected chi connectivity index (χ4v) is 4.57. The summed E-state index contributed by atoms with van der Waals surface area (Å²) in [6.07, 6.45) is 3.96. The first-order chi connectivity index (χ1) is 13.4. The zero-order valence-electron chi connectivity index (χ0n) is 15.6. The molecule has 2 aromatic rings. The predicted octanol–water partition coefficient (Wildman–Crippen LogP) is 1.54. The van der Waals surface area contributed by atoms with Crippen LogP contribution in [0.4, 0.5) is 10.2 Å². The smallest absolute Gasteiger partial charge is 0.341 e. The fraction of sp³-hybridized carbons (Fsp3) is 0.526. The lowest BCUT2D eigenvalue weighted by molar-refractivity contribution is 0.0126.